The quantitative estimate of drug-likeness (QED) is 0.782. The van der Waals surface area contributed by atoms with Crippen molar-refractivity contribution in [1.29, 1.82) is 5.26 Å². The lowest BCUT2D eigenvalue weighted by Crippen LogP contribution is -2.03. The number of halogens is 1. The van der Waals surface area contributed by atoms with Gasteiger partial charge in [-0.1, -0.05) is 17.7 Å². The summed E-state index contributed by atoms with van der Waals surface area (Å²) in [6.45, 7) is 0. The number of nitrogens with zero attached hydrogens (tertiary/aromatic N) is 1. The zero-order valence-corrected chi connectivity index (χ0v) is 7.80. The maximum Gasteiger partial charge on any atom is 0.101 e. The minimum atomic E-state index is 0.520. The molecule has 0 heterocycles. The molecule has 1 fully saturated rings. The van der Waals surface area contributed by atoms with E-state index in [0.717, 1.165) is 5.69 Å². The minimum absolute atomic E-state index is 0.520. The molecule has 0 aromatic heterocycles. The number of nitriles is 1. The second-order valence-electron chi connectivity index (χ2n) is 3.19. The highest BCUT2D eigenvalue weighted by Gasteiger charge is 2.22. The molecule has 0 aliphatic heterocycles. The van der Waals surface area contributed by atoms with E-state index >= 15 is 0 Å². The molecule has 0 bridgehead atoms. The average Bonchev–Trinajstić information content (AvgIpc) is 2.92. The van der Waals surface area contributed by atoms with Crippen molar-refractivity contribution in [2.24, 2.45) is 0 Å². The lowest BCUT2D eigenvalue weighted by Gasteiger charge is -2.07. The van der Waals surface area contributed by atoms with Crippen LogP contribution in [0, 0.1) is 11.3 Å². The lowest BCUT2D eigenvalue weighted by atomic mass is 10.2. The molecular formula is C10H9ClN2. The van der Waals surface area contributed by atoms with Crippen LogP contribution in [0.3, 0.4) is 0 Å². The molecule has 1 aliphatic carbocycles. The Hall–Kier alpha value is -1.20. The second kappa shape index (κ2) is 3.27. The number of hydrogen-bond donors (Lipinski definition) is 1. The monoisotopic (exact) mass is 192 g/mol. The number of anilines is 1. The largest absolute Gasteiger partial charge is 0.380 e. The first-order valence-corrected chi connectivity index (χ1v) is 4.64. The summed E-state index contributed by atoms with van der Waals surface area (Å²) >= 11 is 5.97. The van der Waals surface area contributed by atoms with Crippen LogP contribution >= 0.6 is 11.6 Å². The summed E-state index contributed by atoms with van der Waals surface area (Å²) in [5.74, 6) is 0. The summed E-state index contributed by atoms with van der Waals surface area (Å²) in [7, 11) is 0. The molecule has 1 saturated carbocycles. The van der Waals surface area contributed by atoms with Crippen molar-refractivity contribution in [2.75, 3.05) is 5.32 Å². The topological polar surface area (TPSA) is 35.8 Å². The SMILES string of the molecule is N#Cc1cccc(Cl)c1NC1CC1. The highest BCUT2D eigenvalue weighted by atomic mass is 35.5. The highest BCUT2D eigenvalue weighted by molar-refractivity contribution is 6.33. The molecule has 1 N–H and O–H groups in total. The van der Waals surface area contributed by atoms with E-state index in [4.69, 9.17) is 16.9 Å². The predicted octanol–water partition coefficient (Wildman–Crippen LogP) is 2.79. The van der Waals surface area contributed by atoms with Crippen LogP contribution in [0.15, 0.2) is 18.2 Å². The van der Waals surface area contributed by atoms with Gasteiger partial charge in [-0.25, -0.2) is 0 Å². The summed E-state index contributed by atoms with van der Waals surface area (Å²) < 4.78 is 0. The van der Waals surface area contributed by atoms with Crippen molar-refractivity contribution >= 4 is 17.3 Å². The number of nitrogens with one attached hydrogen (secondary N) is 1. The van der Waals surface area contributed by atoms with Gasteiger partial charge in [0.05, 0.1) is 16.3 Å². The van der Waals surface area contributed by atoms with Gasteiger partial charge < -0.3 is 5.32 Å². The number of benzene rings is 1. The maximum atomic E-state index is 8.83. The normalized spacial score (nSPS) is 15.1. The molecule has 0 radical (unpaired) electrons. The summed E-state index contributed by atoms with van der Waals surface area (Å²) in [5.41, 5.74) is 1.41. The van der Waals surface area contributed by atoms with Gasteiger partial charge in [0.2, 0.25) is 0 Å². The Bertz CT molecular complexity index is 364. The standard InChI is InChI=1S/C10H9ClN2/c11-9-3-1-2-7(6-12)10(9)13-8-4-5-8/h1-3,8,13H,4-5H2. The number of para-hydroxylation sites is 1. The van der Waals surface area contributed by atoms with E-state index in [9.17, 15) is 0 Å². The molecule has 1 aliphatic rings. The van der Waals surface area contributed by atoms with Crippen LogP contribution in [0.25, 0.3) is 0 Å². The Balaban J connectivity index is 2.34. The van der Waals surface area contributed by atoms with E-state index in [-0.39, 0.29) is 0 Å². The molecule has 0 spiro atoms. The molecule has 2 nitrogen and oxygen atoms in total. The zero-order valence-electron chi connectivity index (χ0n) is 7.05. The highest BCUT2D eigenvalue weighted by Crippen LogP contribution is 2.31. The first kappa shape index (κ1) is 8.40. The van der Waals surface area contributed by atoms with Gasteiger partial charge in [-0.05, 0) is 25.0 Å². The second-order valence-corrected chi connectivity index (χ2v) is 3.60. The fourth-order valence-electron chi connectivity index (χ4n) is 1.20. The van der Waals surface area contributed by atoms with E-state index in [1.165, 1.54) is 12.8 Å². The molecular weight excluding hydrogens is 184 g/mol. The summed E-state index contributed by atoms with van der Waals surface area (Å²) in [6.07, 6.45) is 2.35. The molecule has 2 rings (SSSR count). The van der Waals surface area contributed by atoms with Crippen molar-refractivity contribution in [1.82, 2.24) is 0 Å². The van der Waals surface area contributed by atoms with Crippen molar-refractivity contribution in [3.05, 3.63) is 28.8 Å². The summed E-state index contributed by atoms with van der Waals surface area (Å²) in [6, 6.07) is 8.01. The molecule has 66 valence electrons. The first-order valence-electron chi connectivity index (χ1n) is 4.26. The minimum Gasteiger partial charge on any atom is -0.380 e. The smallest absolute Gasteiger partial charge is 0.101 e. The van der Waals surface area contributed by atoms with Gasteiger partial charge in [0.15, 0.2) is 0 Å². The molecule has 13 heavy (non-hydrogen) atoms. The Morgan fingerprint density at radius 3 is 2.85 bits per heavy atom. The van der Waals surface area contributed by atoms with Crippen LogP contribution < -0.4 is 5.32 Å². The third kappa shape index (κ3) is 1.76. The van der Waals surface area contributed by atoms with Crippen LogP contribution in [0.1, 0.15) is 18.4 Å². The third-order valence-corrected chi connectivity index (χ3v) is 2.37. The van der Waals surface area contributed by atoms with Crippen molar-refractivity contribution in [3.63, 3.8) is 0 Å². The Morgan fingerprint density at radius 2 is 2.23 bits per heavy atom. The van der Waals surface area contributed by atoms with Gasteiger partial charge in [-0.2, -0.15) is 5.26 Å². The summed E-state index contributed by atoms with van der Waals surface area (Å²) in [4.78, 5) is 0. The maximum absolute atomic E-state index is 8.83. The van der Waals surface area contributed by atoms with Gasteiger partial charge in [-0.3, -0.25) is 0 Å². The fourth-order valence-corrected chi connectivity index (χ4v) is 1.42. The van der Waals surface area contributed by atoms with Crippen LogP contribution in [0.4, 0.5) is 5.69 Å². The summed E-state index contributed by atoms with van der Waals surface area (Å²) in [5, 5.41) is 12.7. The van der Waals surface area contributed by atoms with Crippen LogP contribution in [0.2, 0.25) is 5.02 Å². The Kier molecular flexibility index (Phi) is 2.12. The van der Waals surface area contributed by atoms with Gasteiger partial charge in [0.1, 0.15) is 6.07 Å². The first-order chi connectivity index (χ1) is 6.31. The van der Waals surface area contributed by atoms with E-state index < -0.39 is 0 Å². The van der Waals surface area contributed by atoms with E-state index in [2.05, 4.69) is 11.4 Å². The predicted molar refractivity (Wildman–Crippen MR) is 52.8 cm³/mol. The molecule has 0 saturated heterocycles. The van der Waals surface area contributed by atoms with Crippen LogP contribution in [0.5, 0.6) is 0 Å². The molecule has 0 amide bonds. The van der Waals surface area contributed by atoms with Gasteiger partial charge >= 0.3 is 0 Å². The van der Waals surface area contributed by atoms with Crippen LogP contribution in [-0.4, -0.2) is 6.04 Å². The van der Waals surface area contributed by atoms with Gasteiger partial charge in [0.25, 0.3) is 0 Å². The van der Waals surface area contributed by atoms with E-state index in [1.807, 2.05) is 0 Å². The molecule has 1 aromatic rings. The van der Waals surface area contributed by atoms with Gasteiger partial charge in [-0.15, -0.1) is 0 Å². The van der Waals surface area contributed by atoms with Crippen molar-refractivity contribution in [2.45, 2.75) is 18.9 Å². The van der Waals surface area contributed by atoms with E-state index in [1.54, 1.807) is 18.2 Å². The number of hydrogen-bond acceptors (Lipinski definition) is 2. The zero-order chi connectivity index (χ0) is 9.26. The number of rotatable bonds is 2. The molecule has 1 aromatic carbocycles. The Morgan fingerprint density at radius 1 is 1.46 bits per heavy atom. The van der Waals surface area contributed by atoms with Gasteiger partial charge in [0, 0.05) is 6.04 Å². The third-order valence-electron chi connectivity index (χ3n) is 2.06. The Labute approximate surface area is 82.1 Å². The fraction of sp³-hybridized carbons (Fsp3) is 0.300. The molecule has 3 heteroatoms. The average molecular weight is 193 g/mol. The molecule has 0 unspecified atom stereocenters. The van der Waals surface area contributed by atoms with E-state index in [0.29, 0.717) is 16.6 Å². The van der Waals surface area contributed by atoms with Crippen LogP contribution in [-0.2, 0) is 0 Å². The van der Waals surface area contributed by atoms with Crippen molar-refractivity contribution in [3.8, 4) is 6.07 Å². The van der Waals surface area contributed by atoms with Crippen molar-refractivity contribution < 1.29 is 0 Å². The lowest BCUT2D eigenvalue weighted by molar-refractivity contribution is 1.15. The molecule has 0 atom stereocenters.